The minimum Gasteiger partial charge on any atom is -0.378 e. The topological polar surface area (TPSA) is 37.4 Å². The molecule has 4 heteroatoms. The lowest BCUT2D eigenvalue weighted by atomic mass is 9.92. The van der Waals surface area contributed by atoms with Crippen LogP contribution in [0.1, 0.15) is 18.4 Å². The summed E-state index contributed by atoms with van der Waals surface area (Å²) >= 11 is 0. The Balaban J connectivity index is 1.47. The van der Waals surface area contributed by atoms with Crippen LogP contribution in [-0.2, 0) is 4.74 Å². The van der Waals surface area contributed by atoms with Crippen LogP contribution in [0.3, 0.4) is 0 Å². The Bertz CT molecular complexity index is 525. The summed E-state index contributed by atoms with van der Waals surface area (Å²) in [4.78, 5) is 6.91. The molecule has 1 aliphatic carbocycles. The van der Waals surface area contributed by atoms with E-state index in [1.165, 1.54) is 12.8 Å². The highest BCUT2D eigenvalue weighted by Crippen LogP contribution is 2.53. The van der Waals surface area contributed by atoms with Crippen molar-refractivity contribution in [1.82, 2.24) is 10.3 Å². The second kappa shape index (κ2) is 3.96. The average Bonchev–Trinajstić information content (AvgIpc) is 3.19. The summed E-state index contributed by atoms with van der Waals surface area (Å²) in [5, 5.41) is 3.70. The maximum Gasteiger partial charge on any atom is 0.129 e. The molecule has 3 heterocycles. The first-order valence-corrected chi connectivity index (χ1v) is 6.86. The third-order valence-corrected chi connectivity index (χ3v) is 4.58. The Morgan fingerprint density at radius 2 is 2.26 bits per heavy atom. The lowest BCUT2D eigenvalue weighted by Gasteiger charge is -2.52. The molecule has 0 bridgehead atoms. The van der Waals surface area contributed by atoms with Crippen LogP contribution in [0.5, 0.6) is 0 Å². The zero-order valence-corrected chi connectivity index (χ0v) is 10.8. The van der Waals surface area contributed by atoms with Crippen LogP contribution in [0.15, 0.2) is 18.3 Å². The van der Waals surface area contributed by atoms with Gasteiger partial charge in [0.2, 0.25) is 0 Å². The van der Waals surface area contributed by atoms with Gasteiger partial charge in [0.25, 0.3) is 0 Å². The molecule has 0 amide bonds. The van der Waals surface area contributed by atoms with Crippen LogP contribution >= 0.6 is 0 Å². The molecule has 1 aromatic heterocycles. The third-order valence-electron chi connectivity index (χ3n) is 4.58. The van der Waals surface area contributed by atoms with Gasteiger partial charge in [0, 0.05) is 24.3 Å². The molecule has 3 aliphatic rings. The molecule has 2 aliphatic heterocycles. The minimum atomic E-state index is 0.320. The van der Waals surface area contributed by atoms with Crippen LogP contribution in [0.4, 0.5) is 5.82 Å². The highest BCUT2D eigenvalue weighted by molar-refractivity contribution is 5.53. The fraction of sp³-hybridized carbons (Fsp3) is 0.533. The molecule has 1 N–H and O–H groups in total. The van der Waals surface area contributed by atoms with Crippen molar-refractivity contribution < 1.29 is 4.74 Å². The predicted octanol–water partition coefficient (Wildman–Crippen LogP) is 0.772. The minimum absolute atomic E-state index is 0.320. The second-order valence-corrected chi connectivity index (χ2v) is 5.72. The Kier molecular flexibility index (Phi) is 2.35. The number of anilines is 1. The summed E-state index contributed by atoms with van der Waals surface area (Å²) < 4.78 is 5.22. The molecule has 1 atom stereocenters. The van der Waals surface area contributed by atoms with E-state index in [9.17, 15) is 0 Å². The van der Waals surface area contributed by atoms with E-state index in [-0.39, 0.29) is 0 Å². The third kappa shape index (κ3) is 1.66. The zero-order chi connectivity index (χ0) is 12.9. The summed E-state index contributed by atoms with van der Waals surface area (Å²) in [6, 6.07) is 5.16. The largest absolute Gasteiger partial charge is 0.378 e. The summed E-state index contributed by atoms with van der Waals surface area (Å²) in [5.74, 6) is 3.66. The molecule has 19 heavy (non-hydrogen) atoms. The van der Waals surface area contributed by atoms with E-state index in [0.29, 0.717) is 17.6 Å². The number of terminal acetylenes is 1. The Labute approximate surface area is 113 Å². The highest BCUT2D eigenvalue weighted by Gasteiger charge is 2.62. The van der Waals surface area contributed by atoms with Crippen molar-refractivity contribution in [2.45, 2.75) is 30.5 Å². The molecular weight excluding hydrogens is 238 g/mol. The molecule has 1 saturated carbocycles. The first-order valence-electron chi connectivity index (χ1n) is 6.86. The first-order chi connectivity index (χ1) is 9.32. The van der Waals surface area contributed by atoms with Crippen molar-refractivity contribution >= 4 is 5.82 Å². The van der Waals surface area contributed by atoms with E-state index in [1.54, 1.807) is 6.20 Å². The van der Waals surface area contributed by atoms with Crippen molar-refractivity contribution in [3.63, 3.8) is 0 Å². The fourth-order valence-electron chi connectivity index (χ4n) is 3.13. The second-order valence-electron chi connectivity index (χ2n) is 5.72. The monoisotopic (exact) mass is 255 g/mol. The molecule has 1 unspecified atom stereocenters. The van der Waals surface area contributed by atoms with E-state index in [0.717, 1.165) is 31.1 Å². The smallest absolute Gasteiger partial charge is 0.129 e. The van der Waals surface area contributed by atoms with Crippen LogP contribution in [-0.4, -0.2) is 42.4 Å². The Hall–Kier alpha value is -1.57. The zero-order valence-electron chi connectivity index (χ0n) is 10.8. The average molecular weight is 255 g/mol. The highest BCUT2D eigenvalue weighted by atomic mass is 16.5. The molecule has 4 rings (SSSR count). The van der Waals surface area contributed by atoms with E-state index in [4.69, 9.17) is 11.2 Å². The van der Waals surface area contributed by atoms with Crippen LogP contribution in [0, 0.1) is 12.3 Å². The van der Waals surface area contributed by atoms with E-state index in [1.807, 2.05) is 12.1 Å². The summed E-state index contributed by atoms with van der Waals surface area (Å²) in [5.41, 5.74) is 1.16. The summed E-state index contributed by atoms with van der Waals surface area (Å²) in [6.45, 7) is 2.77. The van der Waals surface area contributed by atoms with Crippen molar-refractivity contribution in [3.8, 4) is 12.3 Å². The Morgan fingerprint density at radius 1 is 1.42 bits per heavy atom. The van der Waals surface area contributed by atoms with Crippen LogP contribution in [0.2, 0.25) is 0 Å². The van der Waals surface area contributed by atoms with Crippen molar-refractivity contribution in [3.05, 3.63) is 23.9 Å². The van der Waals surface area contributed by atoms with Gasteiger partial charge in [-0.3, -0.25) is 0 Å². The number of ether oxygens (including phenoxy) is 1. The van der Waals surface area contributed by atoms with Gasteiger partial charge in [-0.25, -0.2) is 4.98 Å². The molecule has 98 valence electrons. The van der Waals surface area contributed by atoms with Gasteiger partial charge < -0.3 is 15.0 Å². The standard InChI is InChI=1S/C15H17N3O/c1-2-11-3-4-14(16-7-11)18-8-13(15(18)5-6-15)17-12-9-19-10-12/h1,3-4,7,12-13,17H,5-6,8-10H2. The van der Waals surface area contributed by atoms with Crippen LogP contribution < -0.4 is 10.2 Å². The van der Waals surface area contributed by atoms with Gasteiger partial charge in [0.1, 0.15) is 5.82 Å². The molecule has 0 aromatic carbocycles. The van der Waals surface area contributed by atoms with Crippen LogP contribution in [0.25, 0.3) is 0 Å². The molecule has 0 radical (unpaired) electrons. The quantitative estimate of drug-likeness (QED) is 0.810. The molecule has 3 fully saturated rings. The van der Waals surface area contributed by atoms with Crippen molar-refractivity contribution in [2.75, 3.05) is 24.7 Å². The summed E-state index contributed by atoms with van der Waals surface area (Å²) in [7, 11) is 0. The number of nitrogens with zero attached hydrogens (tertiary/aromatic N) is 2. The number of nitrogens with one attached hydrogen (secondary N) is 1. The molecule has 2 saturated heterocycles. The van der Waals surface area contributed by atoms with E-state index >= 15 is 0 Å². The maximum atomic E-state index is 5.36. The number of hydrogen-bond acceptors (Lipinski definition) is 4. The number of aromatic nitrogens is 1. The molecule has 1 aromatic rings. The lowest BCUT2D eigenvalue weighted by Crippen LogP contribution is -2.71. The number of hydrogen-bond donors (Lipinski definition) is 1. The van der Waals surface area contributed by atoms with Gasteiger partial charge in [0.05, 0.1) is 24.8 Å². The van der Waals surface area contributed by atoms with Crippen molar-refractivity contribution in [2.24, 2.45) is 0 Å². The normalized spacial score (nSPS) is 27.5. The van der Waals surface area contributed by atoms with Gasteiger partial charge in [-0.2, -0.15) is 0 Å². The Morgan fingerprint density at radius 3 is 2.79 bits per heavy atom. The van der Waals surface area contributed by atoms with E-state index in [2.05, 4.69) is 21.1 Å². The predicted molar refractivity (Wildman–Crippen MR) is 73.0 cm³/mol. The number of pyridine rings is 1. The molecule has 4 nitrogen and oxygen atoms in total. The van der Waals surface area contributed by atoms with Gasteiger partial charge in [-0.15, -0.1) is 6.42 Å². The fourth-order valence-corrected chi connectivity index (χ4v) is 3.13. The van der Waals surface area contributed by atoms with E-state index < -0.39 is 0 Å². The lowest BCUT2D eigenvalue weighted by molar-refractivity contribution is -0.0154. The number of rotatable bonds is 3. The van der Waals surface area contributed by atoms with Gasteiger partial charge in [-0.1, -0.05) is 5.92 Å². The summed E-state index contributed by atoms with van der Waals surface area (Å²) in [6.07, 6.45) is 9.67. The first kappa shape index (κ1) is 11.3. The SMILES string of the molecule is C#Cc1ccc(N2CC(NC3COC3)C23CC3)nc1. The van der Waals surface area contributed by atoms with Gasteiger partial charge in [-0.05, 0) is 25.0 Å². The van der Waals surface area contributed by atoms with Crippen molar-refractivity contribution in [1.29, 1.82) is 0 Å². The maximum absolute atomic E-state index is 5.36. The molecular formula is C15H17N3O. The van der Waals surface area contributed by atoms with Gasteiger partial charge >= 0.3 is 0 Å². The van der Waals surface area contributed by atoms with Gasteiger partial charge in [0.15, 0.2) is 0 Å². The molecule has 1 spiro atoms.